The Morgan fingerprint density at radius 2 is 1.95 bits per heavy atom. The van der Waals surface area contributed by atoms with E-state index in [1.54, 1.807) is 30.3 Å². The van der Waals surface area contributed by atoms with Crippen molar-refractivity contribution in [2.24, 2.45) is 0 Å². The maximum atomic E-state index is 12.2. The first-order valence-electron chi connectivity index (χ1n) is 5.51. The molecule has 19 heavy (non-hydrogen) atoms. The van der Waals surface area contributed by atoms with Crippen molar-refractivity contribution in [2.45, 2.75) is 13.0 Å². The minimum atomic E-state index is -1.26. The van der Waals surface area contributed by atoms with E-state index in [0.29, 0.717) is 5.69 Å². The maximum Gasteiger partial charge on any atom is 0.265 e. The van der Waals surface area contributed by atoms with Gasteiger partial charge in [-0.2, -0.15) is 0 Å². The molecule has 1 aromatic rings. The van der Waals surface area contributed by atoms with Crippen LogP contribution in [0.5, 0.6) is 0 Å². The number of thiocarbonyl (C=S) groups is 1. The molecule has 6 nitrogen and oxygen atoms in total. The molecule has 1 aliphatic rings. The third-order valence-electron chi connectivity index (χ3n) is 2.52. The molecule has 1 atom stereocenters. The molecule has 1 fully saturated rings. The number of carbonyl (C=O) groups is 3. The Kier molecular flexibility index (Phi) is 3.57. The molecule has 0 saturated carbocycles. The van der Waals surface area contributed by atoms with E-state index in [2.05, 4.69) is 10.6 Å². The van der Waals surface area contributed by atoms with Crippen molar-refractivity contribution in [3.63, 3.8) is 0 Å². The van der Waals surface area contributed by atoms with Gasteiger partial charge in [0.25, 0.3) is 11.8 Å². The fraction of sp³-hybridized carbons (Fsp3) is 0.167. The van der Waals surface area contributed by atoms with Gasteiger partial charge in [0.1, 0.15) is 0 Å². The highest BCUT2D eigenvalue weighted by atomic mass is 32.1. The lowest BCUT2D eigenvalue weighted by molar-refractivity contribution is -0.134. The monoisotopic (exact) mass is 277 g/mol. The fourth-order valence-electron chi connectivity index (χ4n) is 1.73. The highest BCUT2D eigenvalue weighted by molar-refractivity contribution is 7.80. The van der Waals surface area contributed by atoms with Gasteiger partial charge in [-0.15, -0.1) is 0 Å². The van der Waals surface area contributed by atoms with Crippen LogP contribution in [0.1, 0.15) is 6.92 Å². The number of benzene rings is 1. The zero-order valence-electron chi connectivity index (χ0n) is 10.0. The predicted molar refractivity (Wildman–Crippen MR) is 72.3 cm³/mol. The van der Waals surface area contributed by atoms with E-state index in [9.17, 15) is 14.4 Å². The second-order valence-corrected chi connectivity index (χ2v) is 4.32. The second kappa shape index (κ2) is 5.15. The average Bonchev–Trinajstić information content (AvgIpc) is 2.35. The molecule has 2 rings (SSSR count). The third kappa shape index (κ3) is 2.60. The Morgan fingerprint density at radius 1 is 1.32 bits per heavy atom. The summed E-state index contributed by atoms with van der Waals surface area (Å²) in [6, 6.07) is 7.40. The quantitative estimate of drug-likeness (QED) is 0.586. The average molecular weight is 277 g/mol. The van der Waals surface area contributed by atoms with E-state index in [1.165, 1.54) is 11.8 Å². The van der Waals surface area contributed by atoms with Crippen LogP contribution >= 0.6 is 12.2 Å². The van der Waals surface area contributed by atoms with Gasteiger partial charge in [-0.1, -0.05) is 18.2 Å². The smallest absolute Gasteiger partial charge is 0.265 e. The summed E-state index contributed by atoms with van der Waals surface area (Å²) >= 11 is 4.99. The summed E-state index contributed by atoms with van der Waals surface area (Å²) in [5.74, 6) is -1.66. The first kappa shape index (κ1) is 13.2. The molecule has 98 valence electrons. The van der Waals surface area contributed by atoms with Crippen molar-refractivity contribution in [3.8, 4) is 0 Å². The van der Waals surface area contributed by atoms with Gasteiger partial charge in [-0.05, 0) is 24.4 Å². The number of anilines is 1. The van der Waals surface area contributed by atoms with E-state index in [-0.39, 0.29) is 5.11 Å². The Labute approximate surface area is 114 Å². The summed E-state index contributed by atoms with van der Waals surface area (Å²) in [4.78, 5) is 36.1. The molecule has 0 spiro atoms. The molecule has 0 aromatic heterocycles. The molecule has 2 N–H and O–H groups in total. The molecule has 1 aliphatic heterocycles. The highest BCUT2D eigenvalue weighted by Gasteiger charge is 2.39. The number of carbonyl (C=O) groups excluding carboxylic acids is 3. The lowest BCUT2D eigenvalue weighted by Gasteiger charge is -2.32. The van der Waals surface area contributed by atoms with Crippen molar-refractivity contribution in [3.05, 3.63) is 30.3 Å². The number of amides is 3. The van der Waals surface area contributed by atoms with Crippen LogP contribution in [0.25, 0.3) is 0 Å². The molecule has 1 saturated heterocycles. The van der Waals surface area contributed by atoms with Crippen LogP contribution in [-0.4, -0.2) is 28.9 Å². The second-order valence-electron chi connectivity index (χ2n) is 3.94. The van der Waals surface area contributed by atoms with Gasteiger partial charge in [-0.3, -0.25) is 19.3 Å². The minimum absolute atomic E-state index is 0.00259. The van der Waals surface area contributed by atoms with Crippen molar-refractivity contribution in [2.75, 3.05) is 4.90 Å². The van der Waals surface area contributed by atoms with Crippen LogP contribution in [0.4, 0.5) is 5.69 Å². The first-order valence-corrected chi connectivity index (χ1v) is 5.92. The Morgan fingerprint density at radius 3 is 2.53 bits per heavy atom. The summed E-state index contributed by atoms with van der Waals surface area (Å²) in [5, 5.41) is 4.70. The number of nitrogens with zero attached hydrogens (tertiary/aromatic N) is 1. The number of nitrogens with one attached hydrogen (secondary N) is 2. The normalized spacial score (nSPS) is 19.1. The molecule has 1 aromatic carbocycles. The molecule has 0 radical (unpaired) electrons. The van der Waals surface area contributed by atoms with Gasteiger partial charge in [0, 0.05) is 6.92 Å². The zero-order valence-corrected chi connectivity index (χ0v) is 10.9. The van der Waals surface area contributed by atoms with Gasteiger partial charge in [0.15, 0.2) is 11.2 Å². The van der Waals surface area contributed by atoms with E-state index in [1.807, 2.05) is 0 Å². The van der Waals surface area contributed by atoms with Crippen LogP contribution in [-0.2, 0) is 14.4 Å². The van der Waals surface area contributed by atoms with E-state index < -0.39 is 23.8 Å². The van der Waals surface area contributed by atoms with E-state index >= 15 is 0 Å². The largest absolute Gasteiger partial charge is 0.337 e. The van der Waals surface area contributed by atoms with Gasteiger partial charge >= 0.3 is 0 Å². The molecule has 1 heterocycles. The van der Waals surface area contributed by atoms with E-state index in [0.717, 1.165) is 0 Å². The van der Waals surface area contributed by atoms with Crippen molar-refractivity contribution in [1.82, 2.24) is 10.6 Å². The van der Waals surface area contributed by atoms with Crippen LogP contribution in [0.15, 0.2) is 30.3 Å². The summed E-state index contributed by atoms with van der Waals surface area (Å²) in [5.41, 5.74) is 0.535. The van der Waals surface area contributed by atoms with Gasteiger partial charge in [0.2, 0.25) is 5.91 Å². The molecule has 7 heteroatoms. The van der Waals surface area contributed by atoms with Crippen LogP contribution < -0.4 is 15.5 Å². The minimum Gasteiger partial charge on any atom is -0.337 e. The maximum absolute atomic E-state index is 12.2. The van der Waals surface area contributed by atoms with Gasteiger partial charge in [-0.25, -0.2) is 0 Å². The summed E-state index contributed by atoms with van der Waals surface area (Å²) in [7, 11) is 0. The number of hydrogen-bond acceptors (Lipinski definition) is 4. The molecule has 0 bridgehead atoms. The Hall–Kier alpha value is -2.28. The SMILES string of the molecule is CC(=O)N[C@H]1C(=O)NC(=S)N(c2ccccc2)C1=O. The molecule has 3 amide bonds. The molecule has 0 aliphatic carbocycles. The first-order chi connectivity index (χ1) is 9.00. The van der Waals surface area contributed by atoms with Crippen LogP contribution in [0.3, 0.4) is 0 Å². The van der Waals surface area contributed by atoms with Crippen molar-refractivity contribution < 1.29 is 14.4 Å². The van der Waals surface area contributed by atoms with Crippen molar-refractivity contribution >= 4 is 40.7 Å². The highest BCUT2D eigenvalue weighted by Crippen LogP contribution is 2.17. The number of hydrogen-bond donors (Lipinski definition) is 2. The van der Waals surface area contributed by atoms with Crippen LogP contribution in [0.2, 0.25) is 0 Å². The lowest BCUT2D eigenvalue weighted by atomic mass is 10.1. The summed E-state index contributed by atoms with van der Waals surface area (Å²) in [6.45, 7) is 1.24. The summed E-state index contributed by atoms with van der Waals surface area (Å²) in [6.07, 6.45) is 0. The standard InChI is InChI=1S/C12H11N3O3S/c1-7(16)13-9-10(17)14-12(19)15(11(9)18)8-5-3-2-4-6-8/h2-6,9H,1H3,(H,13,16)(H,14,17,19)/t9-/m0/s1. The predicted octanol–water partition coefficient (Wildman–Crippen LogP) is -0.0610. The molecular formula is C12H11N3O3S. The summed E-state index contributed by atoms with van der Waals surface area (Å²) < 4.78 is 0. The molecular weight excluding hydrogens is 266 g/mol. The Bertz CT molecular complexity index is 559. The fourth-order valence-corrected chi connectivity index (χ4v) is 2.02. The number of rotatable bonds is 2. The van der Waals surface area contributed by atoms with E-state index in [4.69, 9.17) is 12.2 Å². The van der Waals surface area contributed by atoms with Gasteiger partial charge < -0.3 is 10.6 Å². The van der Waals surface area contributed by atoms with Gasteiger partial charge in [0.05, 0.1) is 5.69 Å². The zero-order chi connectivity index (χ0) is 14.0. The Balaban J connectivity index is 2.33. The third-order valence-corrected chi connectivity index (χ3v) is 2.81. The molecule has 0 unspecified atom stereocenters. The van der Waals surface area contributed by atoms with Crippen LogP contribution in [0, 0.1) is 0 Å². The number of para-hydroxylation sites is 1. The topological polar surface area (TPSA) is 78.5 Å². The lowest BCUT2D eigenvalue weighted by Crippen LogP contribution is -2.65. The van der Waals surface area contributed by atoms with Crippen molar-refractivity contribution in [1.29, 1.82) is 0 Å².